The number of hydrogen-bond acceptors (Lipinski definition) is 4. The molecule has 5 nitrogen and oxygen atoms in total. The Labute approximate surface area is 104 Å². The van der Waals surface area contributed by atoms with Crippen LogP contribution >= 0.6 is 0 Å². The lowest BCUT2D eigenvalue weighted by atomic mass is 10.1. The van der Waals surface area contributed by atoms with Gasteiger partial charge >= 0.3 is 0 Å². The Hall–Kier alpha value is -2.27. The monoisotopic (exact) mass is 237 g/mol. The third-order valence-electron chi connectivity index (χ3n) is 3.28. The zero-order valence-corrected chi connectivity index (χ0v) is 9.67. The summed E-state index contributed by atoms with van der Waals surface area (Å²) in [5.41, 5.74) is 3.79. The van der Waals surface area contributed by atoms with Crippen molar-refractivity contribution in [3.63, 3.8) is 0 Å². The molecule has 1 aliphatic heterocycles. The highest BCUT2D eigenvalue weighted by molar-refractivity contribution is 5.60. The average molecular weight is 237 g/mol. The van der Waals surface area contributed by atoms with Gasteiger partial charge in [-0.15, -0.1) is 10.2 Å². The molecule has 88 valence electrons. The van der Waals surface area contributed by atoms with Gasteiger partial charge in [-0.25, -0.2) is 4.98 Å². The van der Waals surface area contributed by atoms with Crippen molar-refractivity contribution in [3.8, 4) is 11.4 Å². The molecule has 1 aliphatic rings. The van der Waals surface area contributed by atoms with Crippen LogP contribution in [0.3, 0.4) is 0 Å². The van der Waals surface area contributed by atoms with Gasteiger partial charge in [0.25, 0.3) is 5.78 Å². The molecule has 2 aromatic heterocycles. The summed E-state index contributed by atoms with van der Waals surface area (Å²) in [5, 5.41) is 11.6. The zero-order chi connectivity index (χ0) is 11.9. The molecular weight excluding hydrogens is 226 g/mol. The number of nitrogens with zero attached hydrogens (tertiary/aromatic N) is 4. The van der Waals surface area contributed by atoms with Crippen LogP contribution in [0.1, 0.15) is 11.1 Å². The van der Waals surface area contributed by atoms with Gasteiger partial charge in [-0.2, -0.15) is 0 Å². The molecule has 0 spiro atoms. The maximum atomic E-state index is 4.22. The van der Waals surface area contributed by atoms with Crippen molar-refractivity contribution in [2.45, 2.75) is 13.1 Å². The summed E-state index contributed by atoms with van der Waals surface area (Å²) in [7, 11) is 0. The summed E-state index contributed by atoms with van der Waals surface area (Å²) in [4.78, 5) is 4.18. The van der Waals surface area contributed by atoms with Crippen LogP contribution in [-0.4, -0.2) is 19.6 Å². The predicted octanol–water partition coefficient (Wildman–Crippen LogP) is 1.39. The minimum absolute atomic E-state index is 0.631. The molecule has 0 fully saturated rings. The number of benzene rings is 1. The van der Waals surface area contributed by atoms with Crippen LogP contribution in [0.25, 0.3) is 17.2 Å². The number of rotatable bonds is 1. The number of fused-ring (bicyclic) bond motifs is 2. The Balaban J connectivity index is 1.92. The molecule has 0 aliphatic carbocycles. The van der Waals surface area contributed by atoms with Gasteiger partial charge in [0, 0.05) is 31.0 Å². The van der Waals surface area contributed by atoms with E-state index >= 15 is 0 Å². The Morgan fingerprint density at radius 3 is 3.06 bits per heavy atom. The fraction of sp³-hybridized carbons (Fsp3) is 0.154. The molecule has 0 unspecified atom stereocenters. The standard InChI is InChI=1S/C13H11N5/c1-4-15-13-17-16-12(18(13)5-1)9-2-3-10-7-14-8-11(10)6-9/h1-6,14H,7-8H2. The van der Waals surface area contributed by atoms with Gasteiger partial charge in [0.2, 0.25) is 0 Å². The van der Waals surface area contributed by atoms with Gasteiger partial charge < -0.3 is 5.32 Å². The fourth-order valence-electron chi connectivity index (χ4n) is 2.37. The van der Waals surface area contributed by atoms with Crippen molar-refractivity contribution in [2.75, 3.05) is 0 Å². The average Bonchev–Trinajstić information content (AvgIpc) is 3.04. The molecule has 3 heterocycles. The summed E-state index contributed by atoms with van der Waals surface area (Å²) >= 11 is 0. The molecule has 0 saturated heterocycles. The molecule has 0 saturated carbocycles. The minimum atomic E-state index is 0.631. The van der Waals surface area contributed by atoms with Crippen molar-refractivity contribution < 1.29 is 0 Å². The van der Waals surface area contributed by atoms with Gasteiger partial charge in [-0.1, -0.05) is 12.1 Å². The van der Waals surface area contributed by atoms with Crippen molar-refractivity contribution in [1.29, 1.82) is 0 Å². The largest absolute Gasteiger partial charge is 0.309 e. The summed E-state index contributed by atoms with van der Waals surface area (Å²) in [6, 6.07) is 8.31. The van der Waals surface area contributed by atoms with Gasteiger partial charge in [-0.05, 0) is 23.3 Å². The van der Waals surface area contributed by atoms with Gasteiger partial charge in [0.15, 0.2) is 5.82 Å². The van der Waals surface area contributed by atoms with E-state index < -0.39 is 0 Å². The first-order chi connectivity index (χ1) is 8.92. The van der Waals surface area contributed by atoms with Gasteiger partial charge in [0.05, 0.1) is 0 Å². The highest BCUT2D eigenvalue weighted by Gasteiger charge is 2.13. The highest BCUT2D eigenvalue weighted by Crippen LogP contribution is 2.23. The van der Waals surface area contributed by atoms with E-state index in [1.807, 2.05) is 16.7 Å². The van der Waals surface area contributed by atoms with Crippen LogP contribution in [-0.2, 0) is 13.1 Å². The summed E-state index contributed by atoms with van der Waals surface area (Å²) in [6.07, 6.45) is 3.66. The second-order valence-corrected chi connectivity index (χ2v) is 4.40. The Kier molecular flexibility index (Phi) is 1.95. The van der Waals surface area contributed by atoms with E-state index in [0.29, 0.717) is 5.78 Å². The van der Waals surface area contributed by atoms with E-state index in [9.17, 15) is 0 Å². The molecular formula is C13H11N5. The van der Waals surface area contributed by atoms with Crippen molar-refractivity contribution in [2.24, 2.45) is 0 Å². The quantitative estimate of drug-likeness (QED) is 0.695. The normalized spacial score (nSPS) is 14.0. The first-order valence-electron chi connectivity index (χ1n) is 5.90. The second-order valence-electron chi connectivity index (χ2n) is 4.40. The number of aromatic nitrogens is 4. The fourth-order valence-corrected chi connectivity index (χ4v) is 2.37. The summed E-state index contributed by atoms with van der Waals surface area (Å²) in [5.74, 6) is 1.47. The molecule has 0 radical (unpaired) electrons. The highest BCUT2D eigenvalue weighted by atomic mass is 15.3. The minimum Gasteiger partial charge on any atom is -0.309 e. The zero-order valence-electron chi connectivity index (χ0n) is 9.67. The number of nitrogens with one attached hydrogen (secondary N) is 1. The van der Waals surface area contributed by atoms with Crippen molar-refractivity contribution >= 4 is 5.78 Å². The van der Waals surface area contributed by atoms with E-state index in [-0.39, 0.29) is 0 Å². The van der Waals surface area contributed by atoms with Crippen LogP contribution in [0, 0.1) is 0 Å². The lowest BCUT2D eigenvalue weighted by Crippen LogP contribution is -1.99. The summed E-state index contributed by atoms with van der Waals surface area (Å²) in [6.45, 7) is 1.88. The molecule has 5 heteroatoms. The Morgan fingerprint density at radius 1 is 1.11 bits per heavy atom. The topological polar surface area (TPSA) is 55.1 Å². The smallest absolute Gasteiger partial charge is 0.255 e. The molecule has 18 heavy (non-hydrogen) atoms. The second kappa shape index (κ2) is 3.61. The predicted molar refractivity (Wildman–Crippen MR) is 66.8 cm³/mol. The Bertz CT molecular complexity index is 731. The van der Waals surface area contributed by atoms with Crippen molar-refractivity contribution in [3.05, 3.63) is 47.8 Å². The lowest BCUT2D eigenvalue weighted by Gasteiger charge is -2.02. The summed E-state index contributed by atoms with van der Waals surface area (Å²) < 4.78 is 1.91. The lowest BCUT2D eigenvalue weighted by molar-refractivity contribution is 0.765. The maximum Gasteiger partial charge on any atom is 0.255 e. The van der Waals surface area contributed by atoms with E-state index in [1.54, 1.807) is 6.20 Å². The molecule has 3 aromatic rings. The molecule has 0 amide bonds. The molecule has 1 N–H and O–H groups in total. The van der Waals surface area contributed by atoms with Crippen LogP contribution in [0.4, 0.5) is 0 Å². The van der Waals surface area contributed by atoms with Crippen LogP contribution in [0.2, 0.25) is 0 Å². The molecule has 1 aromatic carbocycles. The van der Waals surface area contributed by atoms with E-state index in [0.717, 1.165) is 24.5 Å². The molecule has 4 rings (SSSR count). The molecule has 0 bridgehead atoms. The third kappa shape index (κ3) is 1.34. The van der Waals surface area contributed by atoms with Gasteiger partial charge in [0.1, 0.15) is 0 Å². The van der Waals surface area contributed by atoms with Crippen LogP contribution in [0.15, 0.2) is 36.7 Å². The molecule has 0 atom stereocenters. The van der Waals surface area contributed by atoms with E-state index in [4.69, 9.17) is 0 Å². The van der Waals surface area contributed by atoms with Crippen LogP contribution in [0.5, 0.6) is 0 Å². The first-order valence-corrected chi connectivity index (χ1v) is 5.90. The number of hydrogen-bond donors (Lipinski definition) is 1. The van der Waals surface area contributed by atoms with Gasteiger partial charge in [-0.3, -0.25) is 4.40 Å². The Morgan fingerprint density at radius 2 is 2.06 bits per heavy atom. The van der Waals surface area contributed by atoms with E-state index in [2.05, 4.69) is 38.7 Å². The SMILES string of the molecule is c1cnc2nnc(-c3ccc4c(c3)CNC4)n2c1. The van der Waals surface area contributed by atoms with E-state index in [1.165, 1.54) is 11.1 Å². The van der Waals surface area contributed by atoms with Crippen molar-refractivity contribution in [1.82, 2.24) is 24.9 Å². The maximum absolute atomic E-state index is 4.22. The first kappa shape index (κ1) is 9.73. The third-order valence-corrected chi connectivity index (χ3v) is 3.28. The van der Waals surface area contributed by atoms with Crippen LogP contribution < -0.4 is 5.32 Å².